The van der Waals surface area contributed by atoms with Gasteiger partial charge in [-0.15, -0.1) is 0 Å². The normalized spacial score (nSPS) is 10.0. The third kappa shape index (κ3) is 3.36. The number of hydrogen-bond acceptors (Lipinski definition) is 3. The van der Waals surface area contributed by atoms with E-state index in [4.69, 9.17) is 17.3 Å². The first-order valence-corrected chi connectivity index (χ1v) is 5.79. The number of benzene rings is 1. The molecule has 4 heteroatoms. The van der Waals surface area contributed by atoms with Crippen molar-refractivity contribution < 1.29 is 0 Å². The number of hydrogen-bond donors (Lipinski definition) is 2. The SMILES string of the molecule is CSCCNc1ccc(N)cc1Cl. The van der Waals surface area contributed by atoms with Gasteiger partial charge in [0, 0.05) is 18.0 Å². The minimum absolute atomic E-state index is 0.682. The van der Waals surface area contributed by atoms with Crippen molar-refractivity contribution in [2.24, 2.45) is 0 Å². The second-order valence-electron chi connectivity index (χ2n) is 2.66. The van der Waals surface area contributed by atoms with Gasteiger partial charge in [0.1, 0.15) is 0 Å². The molecular formula is C9H13ClN2S. The second kappa shape index (κ2) is 5.25. The Labute approximate surface area is 87.8 Å². The number of rotatable bonds is 4. The summed E-state index contributed by atoms with van der Waals surface area (Å²) in [6, 6.07) is 5.49. The van der Waals surface area contributed by atoms with Crippen LogP contribution < -0.4 is 11.1 Å². The molecule has 13 heavy (non-hydrogen) atoms. The third-order valence-electron chi connectivity index (χ3n) is 1.61. The van der Waals surface area contributed by atoms with Crippen molar-refractivity contribution in [1.82, 2.24) is 0 Å². The predicted molar refractivity (Wildman–Crippen MR) is 62.7 cm³/mol. The first-order chi connectivity index (χ1) is 6.24. The summed E-state index contributed by atoms with van der Waals surface area (Å²) in [6.07, 6.45) is 2.08. The van der Waals surface area contributed by atoms with Gasteiger partial charge in [0.15, 0.2) is 0 Å². The van der Waals surface area contributed by atoms with Crippen LogP contribution in [0, 0.1) is 0 Å². The van der Waals surface area contributed by atoms with Gasteiger partial charge in [0.2, 0.25) is 0 Å². The molecular weight excluding hydrogens is 204 g/mol. The van der Waals surface area contributed by atoms with Gasteiger partial charge in [0.05, 0.1) is 10.7 Å². The summed E-state index contributed by atoms with van der Waals surface area (Å²) in [7, 11) is 0. The molecule has 1 aromatic carbocycles. The molecule has 0 heterocycles. The number of nitrogens with two attached hydrogens (primary N) is 1. The molecule has 3 N–H and O–H groups in total. The van der Waals surface area contributed by atoms with E-state index in [0.717, 1.165) is 18.0 Å². The lowest BCUT2D eigenvalue weighted by molar-refractivity contribution is 1.23. The van der Waals surface area contributed by atoms with E-state index in [-0.39, 0.29) is 0 Å². The van der Waals surface area contributed by atoms with E-state index < -0.39 is 0 Å². The van der Waals surface area contributed by atoms with E-state index in [1.807, 2.05) is 12.1 Å². The summed E-state index contributed by atoms with van der Waals surface area (Å²) in [5.41, 5.74) is 7.21. The van der Waals surface area contributed by atoms with Gasteiger partial charge in [-0.3, -0.25) is 0 Å². The summed E-state index contributed by atoms with van der Waals surface area (Å²) in [6.45, 7) is 0.921. The number of nitrogens with one attached hydrogen (secondary N) is 1. The minimum atomic E-state index is 0.682. The first kappa shape index (κ1) is 10.5. The van der Waals surface area contributed by atoms with Gasteiger partial charge >= 0.3 is 0 Å². The number of halogens is 1. The van der Waals surface area contributed by atoms with Crippen LogP contribution in [0.25, 0.3) is 0 Å². The van der Waals surface area contributed by atoms with Crippen LogP contribution >= 0.6 is 23.4 Å². The molecule has 2 nitrogen and oxygen atoms in total. The summed E-state index contributed by atoms with van der Waals surface area (Å²) in [5.74, 6) is 1.07. The van der Waals surface area contributed by atoms with Gasteiger partial charge in [-0.2, -0.15) is 11.8 Å². The average molecular weight is 217 g/mol. The fourth-order valence-corrected chi connectivity index (χ4v) is 1.52. The van der Waals surface area contributed by atoms with Crippen molar-refractivity contribution in [2.75, 3.05) is 29.6 Å². The zero-order valence-electron chi connectivity index (χ0n) is 7.51. The minimum Gasteiger partial charge on any atom is -0.399 e. The Morgan fingerprint density at radius 1 is 1.54 bits per heavy atom. The van der Waals surface area contributed by atoms with Crippen molar-refractivity contribution in [2.45, 2.75) is 0 Å². The van der Waals surface area contributed by atoms with Gasteiger partial charge < -0.3 is 11.1 Å². The highest BCUT2D eigenvalue weighted by atomic mass is 35.5. The average Bonchev–Trinajstić information content (AvgIpc) is 2.09. The molecule has 0 saturated heterocycles. The van der Waals surface area contributed by atoms with Crippen LogP contribution in [-0.2, 0) is 0 Å². The van der Waals surface area contributed by atoms with Crippen molar-refractivity contribution in [3.8, 4) is 0 Å². The van der Waals surface area contributed by atoms with Crippen LogP contribution in [0.5, 0.6) is 0 Å². The van der Waals surface area contributed by atoms with Crippen LogP contribution in [0.2, 0.25) is 5.02 Å². The molecule has 0 aliphatic heterocycles. The van der Waals surface area contributed by atoms with Crippen LogP contribution in [-0.4, -0.2) is 18.6 Å². The van der Waals surface area contributed by atoms with E-state index in [1.165, 1.54) is 0 Å². The maximum atomic E-state index is 5.96. The van der Waals surface area contributed by atoms with Gasteiger partial charge in [0.25, 0.3) is 0 Å². The quantitative estimate of drug-likeness (QED) is 0.601. The molecule has 0 unspecified atom stereocenters. The molecule has 0 aliphatic carbocycles. The van der Waals surface area contributed by atoms with Crippen LogP contribution in [0.4, 0.5) is 11.4 Å². The predicted octanol–water partition coefficient (Wildman–Crippen LogP) is 2.70. The molecule has 0 fully saturated rings. The fraction of sp³-hybridized carbons (Fsp3) is 0.333. The fourth-order valence-electron chi connectivity index (χ4n) is 0.962. The van der Waals surface area contributed by atoms with E-state index in [0.29, 0.717) is 10.7 Å². The second-order valence-corrected chi connectivity index (χ2v) is 4.05. The zero-order chi connectivity index (χ0) is 9.68. The Morgan fingerprint density at radius 2 is 2.31 bits per heavy atom. The molecule has 0 spiro atoms. The third-order valence-corrected chi connectivity index (χ3v) is 2.54. The molecule has 1 rings (SSSR count). The maximum absolute atomic E-state index is 5.96. The topological polar surface area (TPSA) is 38.0 Å². The number of anilines is 2. The lowest BCUT2D eigenvalue weighted by Gasteiger charge is -2.07. The highest BCUT2D eigenvalue weighted by Gasteiger charge is 1.98. The van der Waals surface area contributed by atoms with Gasteiger partial charge in [-0.05, 0) is 24.5 Å². The smallest absolute Gasteiger partial charge is 0.0657 e. The summed E-state index contributed by atoms with van der Waals surface area (Å²) in [5, 5.41) is 3.91. The number of nitrogen functional groups attached to an aromatic ring is 1. The lowest BCUT2D eigenvalue weighted by atomic mass is 10.3. The summed E-state index contributed by atoms with van der Waals surface area (Å²) < 4.78 is 0. The van der Waals surface area contributed by atoms with Crippen molar-refractivity contribution in [3.63, 3.8) is 0 Å². The van der Waals surface area contributed by atoms with Crippen molar-refractivity contribution >= 4 is 34.7 Å². The standard InChI is InChI=1S/C9H13ClN2S/c1-13-5-4-12-9-3-2-7(11)6-8(9)10/h2-3,6,12H,4-5,11H2,1H3. The maximum Gasteiger partial charge on any atom is 0.0657 e. The first-order valence-electron chi connectivity index (χ1n) is 4.02. The van der Waals surface area contributed by atoms with Gasteiger partial charge in [-0.25, -0.2) is 0 Å². The molecule has 0 bridgehead atoms. The monoisotopic (exact) mass is 216 g/mol. The van der Waals surface area contributed by atoms with Crippen LogP contribution in [0.3, 0.4) is 0 Å². The Bertz CT molecular complexity index is 278. The number of thioether (sulfide) groups is 1. The van der Waals surface area contributed by atoms with Crippen molar-refractivity contribution in [1.29, 1.82) is 0 Å². The zero-order valence-corrected chi connectivity index (χ0v) is 9.08. The Balaban J connectivity index is 2.56. The largest absolute Gasteiger partial charge is 0.399 e. The molecule has 0 saturated carbocycles. The van der Waals surface area contributed by atoms with Gasteiger partial charge in [-0.1, -0.05) is 11.6 Å². The Kier molecular flexibility index (Phi) is 4.25. The molecule has 0 atom stereocenters. The summed E-state index contributed by atoms with van der Waals surface area (Å²) in [4.78, 5) is 0. The lowest BCUT2D eigenvalue weighted by Crippen LogP contribution is -2.04. The molecule has 1 aromatic rings. The molecule has 0 radical (unpaired) electrons. The van der Waals surface area contributed by atoms with Crippen LogP contribution in [0.1, 0.15) is 0 Å². The Hall–Kier alpha value is -0.540. The highest BCUT2D eigenvalue weighted by Crippen LogP contribution is 2.23. The molecule has 0 aromatic heterocycles. The van der Waals surface area contributed by atoms with Crippen LogP contribution in [0.15, 0.2) is 18.2 Å². The van der Waals surface area contributed by atoms with E-state index in [1.54, 1.807) is 17.8 Å². The molecule has 0 amide bonds. The summed E-state index contributed by atoms with van der Waals surface area (Å²) >= 11 is 7.76. The van der Waals surface area contributed by atoms with Crippen molar-refractivity contribution in [3.05, 3.63) is 23.2 Å². The molecule has 72 valence electrons. The van der Waals surface area contributed by atoms with E-state index >= 15 is 0 Å². The highest BCUT2D eigenvalue weighted by molar-refractivity contribution is 7.98. The van der Waals surface area contributed by atoms with E-state index in [9.17, 15) is 0 Å². The van der Waals surface area contributed by atoms with E-state index in [2.05, 4.69) is 11.6 Å². The Morgan fingerprint density at radius 3 is 2.92 bits per heavy atom. The molecule has 0 aliphatic rings.